The van der Waals surface area contributed by atoms with Gasteiger partial charge in [-0.2, -0.15) is 0 Å². The van der Waals surface area contributed by atoms with Gasteiger partial charge in [-0.15, -0.1) is 0 Å². The molecule has 1 saturated heterocycles. The van der Waals surface area contributed by atoms with Gasteiger partial charge in [-0.05, 0) is 50.5 Å². The van der Waals surface area contributed by atoms with E-state index in [4.69, 9.17) is 9.47 Å². The SMILES string of the molecule is CCOC(=O)N1CCCC1C(=O)c1ccc(OC)c(C)c1. The highest BCUT2D eigenvalue weighted by atomic mass is 16.6. The number of likely N-dealkylation sites (tertiary alicyclic amines) is 1. The van der Waals surface area contributed by atoms with Crippen molar-refractivity contribution in [2.24, 2.45) is 0 Å². The fourth-order valence-electron chi connectivity index (χ4n) is 2.69. The second-order valence-electron chi connectivity index (χ2n) is 5.10. The summed E-state index contributed by atoms with van der Waals surface area (Å²) in [6.45, 7) is 4.55. The van der Waals surface area contributed by atoms with Gasteiger partial charge in [0.25, 0.3) is 0 Å². The van der Waals surface area contributed by atoms with E-state index in [0.29, 0.717) is 25.1 Å². The van der Waals surface area contributed by atoms with Gasteiger partial charge < -0.3 is 9.47 Å². The number of hydrogen-bond donors (Lipinski definition) is 0. The second-order valence-corrected chi connectivity index (χ2v) is 5.10. The molecule has 5 nitrogen and oxygen atoms in total. The molecule has 1 heterocycles. The van der Waals surface area contributed by atoms with Gasteiger partial charge in [0.2, 0.25) is 0 Å². The normalized spacial score (nSPS) is 17.7. The maximum atomic E-state index is 12.6. The van der Waals surface area contributed by atoms with Gasteiger partial charge in [0.1, 0.15) is 5.75 Å². The molecule has 1 aliphatic heterocycles. The van der Waals surface area contributed by atoms with Crippen LogP contribution in [-0.4, -0.2) is 43.1 Å². The van der Waals surface area contributed by atoms with Gasteiger partial charge in [-0.1, -0.05) is 0 Å². The van der Waals surface area contributed by atoms with Crippen molar-refractivity contribution < 1.29 is 19.1 Å². The minimum Gasteiger partial charge on any atom is -0.496 e. The van der Waals surface area contributed by atoms with E-state index in [1.54, 1.807) is 26.2 Å². The Hall–Kier alpha value is -2.04. The fourth-order valence-corrected chi connectivity index (χ4v) is 2.69. The lowest BCUT2D eigenvalue weighted by Crippen LogP contribution is -2.40. The molecule has 0 aromatic heterocycles. The molecular weight excluding hydrogens is 270 g/mol. The molecule has 0 spiro atoms. The van der Waals surface area contributed by atoms with Crippen LogP contribution < -0.4 is 4.74 Å². The van der Waals surface area contributed by atoms with E-state index in [1.807, 2.05) is 13.0 Å². The molecule has 0 radical (unpaired) electrons. The summed E-state index contributed by atoms with van der Waals surface area (Å²) in [7, 11) is 1.60. The first kappa shape index (κ1) is 15.4. The number of ether oxygens (including phenoxy) is 2. The molecule has 1 aromatic carbocycles. The number of amides is 1. The van der Waals surface area contributed by atoms with E-state index in [9.17, 15) is 9.59 Å². The Balaban J connectivity index is 2.18. The Kier molecular flexibility index (Phi) is 4.83. The first-order valence-electron chi connectivity index (χ1n) is 7.20. The van der Waals surface area contributed by atoms with Crippen LogP contribution >= 0.6 is 0 Å². The van der Waals surface area contributed by atoms with Crippen LogP contribution in [0.3, 0.4) is 0 Å². The molecule has 21 heavy (non-hydrogen) atoms. The minimum atomic E-state index is -0.420. The summed E-state index contributed by atoms with van der Waals surface area (Å²) >= 11 is 0. The Bertz CT molecular complexity index is 541. The lowest BCUT2D eigenvalue weighted by molar-refractivity contribution is 0.0775. The molecule has 1 unspecified atom stereocenters. The van der Waals surface area contributed by atoms with Crippen molar-refractivity contribution in [2.45, 2.75) is 32.7 Å². The summed E-state index contributed by atoms with van der Waals surface area (Å²) in [4.78, 5) is 26.1. The number of rotatable bonds is 4. The summed E-state index contributed by atoms with van der Waals surface area (Å²) < 4.78 is 10.2. The zero-order chi connectivity index (χ0) is 15.4. The zero-order valence-electron chi connectivity index (χ0n) is 12.7. The number of hydrogen-bond acceptors (Lipinski definition) is 4. The van der Waals surface area contributed by atoms with Crippen LogP contribution in [0.25, 0.3) is 0 Å². The molecule has 1 aliphatic rings. The van der Waals surface area contributed by atoms with Crippen molar-refractivity contribution in [3.63, 3.8) is 0 Å². The van der Waals surface area contributed by atoms with Gasteiger partial charge in [0, 0.05) is 12.1 Å². The van der Waals surface area contributed by atoms with Crippen molar-refractivity contribution in [1.82, 2.24) is 4.90 Å². The average Bonchev–Trinajstić information content (AvgIpc) is 2.96. The molecule has 1 fully saturated rings. The summed E-state index contributed by atoms with van der Waals surface area (Å²) in [5, 5.41) is 0. The van der Waals surface area contributed by atoms with Crippen LogP contribution in [0.2, 0.25) is 0 Å². The molecule has 0 bridgehead atoms. The van der Waals surface area contributed by atoms with Gasteiger partial charge >= 0.3 is 6.09 Å². The van der Waals surface area contributed by atoms with Crippen LogP contribution in [0.5, 0.6) is 5.75 Å². The number of ketones is 1. The van der Waals surface area contributed by atoms with E-state index in [2.05, 4.69) is 0 Å². The van der Waals surface area contributed by atoms with Gasteiger partial charge in [-0.25, -0.2) is 4.79 Å². The smallest absolute Gasteiger partial charge is 0.410 e. The maximum absolute atomic E-state index is 12.6. The van der Waals surface area contributed by atoms with Crippen LogP contribution in [0.15, 0.2) is 18.2 Å². The Morgan fingerprint density at radius 3 is 2.76 bits per heavy atom. The van der Waals surface area contributed by atoms with Gasteiger partial charge in [0.15, 0.2) is 5.78 Å². The van der Waals surface area contributed by atoms with Gasteiger partial charge in [0.05, 0.1) is 19.8 Å². The molecule has 0 aliphatic carbocycles. The third-order valence-electron chi connectivity index (χ3n) is 3.74. The standard InChI is InChI=1S/C16H21NO4/c1-4-21-16(19)17-9-5-6-13(17)15(18)12-7-8-14(20-3)11(2)10-12/h7-8,10,13H,4-6,9H2,1-3H3. The van der Waals surface area contributed by atoms with Crippen molar-refractivity contribution in [3.05, 3.63) is 29.3 Å². The topological polar surface area (TPSA) is 55.8 Å². The van der Waals surface area contributed by atoms with Crippen LogP contribution in [0.1, 0.15) is 35.7 Å². The van der Waals surface area contributed by atoms with Crippen molar-refractivity contribution in [2.75, 3.05) is 20.3 Å². The number of aryl methyl sites for hydroxylation is 1. The first-order valence-corrected chi connectivity index (χ1v) is 7.20. The van der Waals surface area contributed by atoms with E-state index in [0.717, 1.165) is 17.7 Å². The number of carbonyl (C=O) groups is 2. The van der Waals surface area contributed by atoms with Crippen LogP contribution in [0.4, 0.5) is 4.79 Å². The van der Waals surface area contributed by atoms with Crippen molar-refractivity contribution in [1.29, 1.82) is 0 Å². The fraction of sp³-hybridized carbons (Fsp3) is 0.500. The predicted molar refractivity (Wildman–Crippen MR) is 78.8 cm³/mol. The number of nitrogens with zero attached hydrogens (tertiary/aromatic N) is 1. The Morgan fingerprint density at radius 1 is 1.38 bits per heavy atom. The third kappa shape index (κ3) is 3.17. The number of methoxy groups -OCH3 is 1. The molecule has 114 valence electrons. The van der Waals surface area contributed by atoms with Crippen LogP contribution in [-0.2, 0) is 4.74 Å². The van der Waals surface area contributed by atoms with E-state index < -0.39 is 12.1 Å². The van der Waals surface area contributed by atoms with Gasteiger partial charge in [-0.3, -0.25) is 9.69 Å². The lowest BCUT2D eigenvalue weighted by Gasteiger charge is -2.23. The number of benzene rings is 1. The number of Topliss-reactive ketones (excluding diaryl/α,β-unsaturated/α-hetero) is 1. The minimum absolute atomic E-state index is 0.0358. The number of carbonyl (C=O) groups excluding carboxylic acids is 2. The molecule has 2 rings (SSSR count). The molecule has 1 atom stereocenters. The maximum Gasteiger partial charge on any atom is 0.410 e. The summed E-state index contributed by atoms with van der Waals surface area (Å²) in [6.07, 6.45) is 1.10. The summed E-state index contributed by atoms with van der Waals surface area (Å²) in [5.74, 6) is 0.714. The highest BCUT2D eigenvalue weighted by molar-refractivity contribution is 6.02. The predicted octanol–water partition coefficient (Wildman–Crippen LogP) is 2.81. The highest BCUT2D eigenvalue weighted by Gasteiger charge is 2.35. The molecular formula is C16H21NO4. The highest BCUT2D eigenvalue weighted by Crippen LogP contribution is 2.25. The Labute approximate surface area is 124 Å². The average molecular weight is 291 g/mol. The molecule has 1 aromatic rings. The van der Waals surface area contributed by atoms with Crippen LogP contribution in [0, 0.1) is 6.92 Å². The molecule has 5 heteroatoms. The second kappa shape index (κ2) is 6.61. The lowest BCUT2D eigenvalue weighted by atomic mass is 10.0. The summed E-state index contributed by atoms with van der Waals surface area (Å²) in [5.41, 5.74) is 1.51. The monoisotopic (exact) mass is 291 g/mol. The van der Waals surface area contributed by atoms with Crippen molar-refractivity contribution in [3.8, 4) is 5.75 Å². The molecule has 0 saturated carbocycles. The molecule has 1 amide bonds. The van der Waals surface area contributed by atoms with E-state index >= 15 is 0 Å². The summed E-state index contributed by atoms with van der Waals surface area (Å²) in [6, 6.07) is 4.92. The Morgan fingerprint density at radius 2 is 2.14 bits per heavy atom. The zero-order valence-corrected chi connectivity index (χ0v) is 12.7. The van der Waals surface area contributed by atoms with E-state index in [1.165, 1.54) is 4.90 Å². The first-order chi connectivity index (χ1) is 10.1. The van der Waals surface area contributed by atoms with Crippen molar-refractivity contribution >= 4 is 11.9 Å². The quantitative estimate of drug-likeness (QED) is 0.800. The third-order valence-corrected chi connectivity index (χ3v) is 3.74. The molecule has 0 N–H and O–H groups in total. The largest absolute Gasteiger partial charge is 0.496 e. The van der Waals surface area contributed by atoms with E-state index in [-0.39, 0.29) is 5.78 Å².